The van der Waals surface area contributed by atoms with Gasteiger partial charge in [0.05, 0.1) is 29.3 Å². The number of nitrogens with one attached hydrogen (secondary N) is 2. The zero-order valence-corrected chi connectivity index (χ0v) is 21.3. The molecule has 0 saturated carbocycles. The second kappa shape index (κ2) is 9.62. The summed E-state index contributed by atoms with van der Waals surface area (Å²) in [5.41, 5.74) is 6.03. The summed E-state index contributed by atoms with van der Waals surface area (Å²) in [6.07, 6.45) is -0.176. The van der Waals surface area contributed by atoms with E-state index in [0.29, 0.717) is 23.5 Å². The van der Waals surface area contributed by atoms with Gasteiger partial charge in [0.2, 0.25) is 0 Å². The van der Waals surface area contributed by atoms with Gasteiger partial charge in [-0.1, -0.05) is 60.1 Å². The molecule has 10 heteroatoms. The SMILES string of the molecule is O=c1ccnc(-c2ccc(-c3ccc(-c4cc5nc(O[C@@H]6CO[C@H]7[C@@H]6OC[C@H]7O)[nH]c5cc4Cl)cc3)cc2)[nH]1. The van der Waals surface area contributed by atoms with Crippen molar-refractivity contribution in [2.45, 2.75) is 24.4 Å². The number of hydrogen-bond donors (Lipinski definition) is 3. The van der Waals surface area contributed by atoms with Crippen LogP contribution in [-0.4, -0.2) is 62.7 Å². The fraction of sp³-hybridized carbons (Fsp3) is 0.207. The highest BCUT2D eigenvalue weighted by atomic mass is 35.5. The van der Waals surface area contributed by atoms with Crippen LogP contribution >= 0.6 is 11.6 Å². The molecule has 9 nitrogen and oxygen atoms in total. The van der Waals surface area contributed by atoms with Gasteiger partial charge in [0.1, 0.15) is 24.1 Å². The quantitative estimate of drug-likeness (QED) is 0.304. The fourth-order valence-electron chi connectivity index (χ4n) is 5.15. The summed E-state index contributed by atoms with van der Waals surface area (Å²) in [6, 6.07) is 21.5. The number of nitrogens with zero attached hydrogens (tertiary/aromatic N) is 2. The molecule has 4 atom stereocenters. The van der Waals surface area contributed by atoms with Gasteiger partial charge in [-0.3, -0.25) is 4.79 Å². The molecule has 2 fully saturated rings. The van der Waals surface area contributed by atoms with Gasteiger partial charge < -0.3 is 29.3 Å². The van der Waals surface area contributed by atoms with E-state index in [0.717, 1.165) is 38.9 Å². The first kappa shape index (κ1) is 24.1. The zero-order valence-electron chi connectivity index (χ0n) is 20.5. The number of fused-ring (bicyclic) bond motifs is 2. The van der Waals surface area contributed by atoms with Crippen LogP contribution in [0.1, 0.15) is 0 Å². The smallest absolute Gasteiger partial charge is 0.295 e. The average molecular weight is 543 g/mol. The molecule has 39 heavy (non-hydrogen) atoms. The summed E-state index contributed by atoms with van der Waals surface area (Å²) in [5, 5.41) is 10.5. The lowest BCUT2D eigenvalue weighted by molar-refractivity contribution is 0.00706. The largest absolute Gasteiger partial charge is 0.456 e. The van der Waals surface area contributed by atoms with E-state index in [-0.39, 0.29) is 30.5 Å². The maximum Gasteiger partial charge on any atom is 0.295 e. The second-order valence-corrected chi connectivity index (χ2v) is 10.1. The van der Waals surface area contributed by atoms with Crippen molar-refractivity contribution in [3.05, 3.63) is 88.3 Å². The Bertz CT molecular complexity index is 1720. The Morgan fingerprint density at radius 1 is 0.872 bits per heavy atom. The van der Waals surface area contributed by atoms with Crippen LogP contribution < -0.4 is 10.3 Å². The van der Waals surface area contributed by atoms with Gasteiger partial charge in [-0.2, -0.15) is 4.98 Å². The summed E-state index contributed by atoms with van der Waals surface area (Å²) >= 11 is 6.66. The van der Waals surface area contributed by atoms with Crippen LogP contribution in [0.3, 0.4) is 0 Å². The number of ether oxygens (including phenoxy) is 3. The third kappa shape index (κ3) is 4.49. The highest BCUT2D eigenvalue weighted by Gasteiger charge is 2.48. The minimum absolute atomic E-state index is 0.184. The number of H-pyrrole nitrogens is 2. The normalized spacial score (nSPS) is 22.3. The standard InChI is InChI=1S/C29H23ClN4O5/c30-20-12-22-21(32-29(33-22)39-24-14-38-26-23(35)13-37-27(24)26)11-19(20)17-5-1-15(2-6-17)16-3-7-18(8-4-16)28-31-10-9-25(36)34-28/h1-12,23-24,26-27,35H,13-14H2,(H,32,33)(H,31,34,36)/t23-,24-,26-,27-/m1/s1. The Morgan fingerprint density at radius 3 is 2.31 bits per heavy atom. The minimum Gasteiger partial charge on any atom is -0.456 e. The Labute approximate surface area is 227 Å². The number of halogens is 1. The van der Waals surface area contributed by atoms with Crippen molar-refractivity contribution < 1.29 is 19.3 Å². The van der Waals surface area contributed by atoms with E-state index >= 15 is 0 Å². The van der Waals surface area contributed by atoms with Crippen molar-refractivity contribution in [3.8, 4) is 39.7 Å². The van der Waals surface area contributed by atoms with E-state index in [1.54, 1.807) is 0 Å². The van der Waals surface area contributed by atoms with Gasteiger partial charge in [-0.25, -0.2) is 4.98 Å². The molecule has 7 rings (SSSR count). The Balaban J connectivity index is 1.11. The molecular weight excluding hydrogens is 520 g/mol. The molecule has 0 bridgehead atoms. The molecule has 3 N–H and O–H groups in total. The van der Waals surface area contributed by atoms with Crippen molar-refractivity contribution in [1.29, 1.82) is 0 Å². The first-order chi connectivity index (χ1) is 19.0. The number of aliphatic hydroxyl groups is 1. The molecule has 4 heterocycles. The highest BCUT2D eigenvalue weighted by Crippen LogP contribution is 2.35. The minimum atomic E-state index is -0.634. The van der Waals surface area contributed by atoms with Gasteiger partial charge in [-0.05, 0) is 28.8 Å². The van der Waals surface area contributed by atoms with Crippen molar-refractivity contribution >= 4 is 22.6 Å². The Hall–Kier alpha value is -4.02. The van der Waals surface area contributed by atoms with Crippen LogP contribution in [0.5, 0.6) is 6.01 Å². The maximum atomic E-state index is 11.6. The molecule has 2 aliphatic heterocycles. The number of aromatic amines is 2. The predicted molar refractivity (Wildman–Crippen MR) is 146 cm³/mol. The molecule has 0 unspecified atom stereocenters. The molecule has 196 valence electrons. The summed E-state index contributed by atoms with van der Waals surface area (Å²) in [5.74, 6) is 0.535. The first-order valence-corrected chi connectivity index (χ1v) is 12.9. The van der Waals surface area contributed by atoms with E-state index in [1.807, 2.05) is 60.7 Å². The van der Waals surface area contributed by atoms with Crippen molar-refractivity contribution in [2.75, 3.05) is 13.2 Å². The number of benzene rings is 3. The summed E-state index contributed by atoms with van der Waals surface area (Å²) in [6.45, 7) is 0.568. The Morgan fingerprint density at radius 2 is 1.56 bits per heavy atom. The second-order valence-electron chi connectivity index (χ2n) is 9.65. The lowest BCUT2D eigenvalue weighted by Crippen LogP contribution is -2.34. The number of rotatable bonds is 5. The number of imidazole rings is 1. The van der Waals surface area contributed by atoms with Gasteiger partial charge in [0.25, 0.3) is 11.6 Å². The topological polar surface area (TPSA) is 122 Å². The molecular formula is C29H23ClN4O5. The van der Waals surface area contributed by atoms with Crippen molar-refractivity contribution in [1.82, 2.24) is 19.9 Å². The molecule has 2 saturated heterocycles. The lowest BCUT2D eigenvalue weighted by Gasteiger charge is -2.15. The van der Waals surface area contributed by atoms with Gasteiger partial charge in [0.15, 0.2) is 6.10 Å². The number of aromatic nitrogens is 4. The monoisotopic (exact) mass is 542 g/mol. The van der Waals surface area contributed by atoms with Gasteiger partial charge in [0, 0.05) is 23.4 Å². The molecule has 0 aliphatic carbocycles. The van der Waals surface area contributed by atoms with Gasteiger partial charge in [-0.15, -0.1) is 0 Å². The first-order valence-electron chi connectivity index (χ1n) is 12.6. The average Bonchev–Trinajstić information content (AvgIpc) is 3.65. The van der Waals surface area contributed by atoms with Crippen LogP contribution in [0, 0.1) is 0 Å². The molecule has 3 aromatic carbocycles. The highest BCUT2D eigenvalue weighted by molar-refractivity contribution is 6.34. The van der Waals surface area contributed by atoms with Crippen LogP contribution in [0.15, 0.2) is 77.7 Å². The van der Waals surface area contributed by atoms with E-state index < -0.39 is 6.10 Å². The third-order valence-corrected chi connectivity index (χ3v) is 7.47. The van der Waals surface area contributed by atoms with E-state index in [9.17, 15) is 9.90 Å². The Kier molecular flexibility index (Phi) is 5.93. The third-order valence-electron chi connectivity index (χ3n) is 7.15. The van der Waals surface area contributed by atoms with Crippen LogP contribution in [-0.2, 0) is 9.47 Å². The fourth-order valence-corrected chi connectivity index (χ4v) is 5.42. The molecule has 2 aromatic heterocycles. The predicted octanol–water partition coefficient (Wildman–Crippen LogP) is 4.21. The van der Waals surface area contributed by atoms with E-state index in [4.69, 9.17) is 25.8 Å². The van der Waals surface area contributed by atoms with E-state index in [1.165, 1.54) is 12.3 Å². The summed E-state index contributed by atoms with van der Waals surface area (Å²) < 4.78 is 17.3. The van der Waals surface area contributed by atoms with Crippen molar-refractivity contribution in [3.63, 3.8) is 0 Å². The molecule has 5 aromatic rings. The molecule has 0 spiro atoms. The van der Waals surface area contributed by atoms with E-state index in [2.05, 4.69) is 19.9 Å². The van der Waals surface area contributed by atoms with Crippen LogP contribution in [0.25, 0.3) is 44.7 Å². The zero-order chi connectivity index (χ0) is 26.5. The maximum absolute atomic E-state index is 11.6. The number of aliphatic hydroxyl groups excluding tert-OH is 1. The molecule has 0 amide bonds. The van der Waals surface area contributed by atoms with Crippen molar-refractivity contribution in [2.24, 2.45) is 0 Å². The lowest BCUT2D eigenvalue weighted by atomic mass is 9.99. The van der Waals surface area contributed by atoms with Crippen LogP contribution in [0.2, 0.25) is 5.02 Å². The number of hydrogen-bond acceptors (Lipinski definition) is 7. The summed E-state index contributed by atoms with van der Waals surface area (Å²) in [7, 11) is 0. The molecule has 0 radical (unpaired) electrons. The van der Waals surface area contributed by atoms with Crippen LogP contribution in [0.4, 0.5) is 0 Å². The molecule has 2 aliphatic rings. The van der Waals surface area contributed by atoms with Gasteiger partial charge >= 0.3 is 0 Å². The summed E-state index contributed by atoms with van der Waals surface area (Å²) in [4.78, 5) is 26.3.